The molecule has 0 saturated carbocycles. The summed E-state index contributed by atoms with van der Waals surface area (Å²) in [5, 5.41) is 2.95. The van der Waals surface area contributed by atoms with Crippen LogP contribution in [-0.2, 0) is 12.7 Å². The third kappa shape index (κ3) is 4.95. The van der Waals surface area contributed by atoms with E-state index >= 15 is 0 Å². The third-order valence-electron chi connectivity index (χ3n) is 9.03. The second kappa shape index (κ2) is 9.58. The molecule has 9 heteroatoms. The molecule has 2 aromatic rings. The zero-order valence-corrected chi connectivity index (χ0v) is 20.8. The first-order valence-electron chi connectivity index (χ1n) is 13.4. The Labute approximate surface area is 214 Å². The minimum Gasteiger partial charge on any atom is -0.350 e. The number of hydrogen-bond donors (Lipinski definition) is 1. The van der Waals surface area contributed by atoms with E-state index < -0.39 is 11.7 Å². The number of benzene rings is 1. The van der Waals surface area contributed by atoms with Crippen LogP contribution in [0.2, 0.25) is 0 Å². The van der Waals surface area contributed by atoms with Gasteiger partial charge >= 0.3 is 6.18 Å². The topological polar surface area (TPSA) is 57.6 Å². The summed E-state index contributed by atoms with van der Waals surface area (Å²) in [5.74, 6) is 1.85. The molecule has 1 N–H and O–H groups in total. The van der Waals surface area contributed by atoms with Crippen LogP contribution in [-0.4, -0.2) is 65.6 Å². The molecule has 6 atom stereocenters. The Morgan fingerprint density at radius 2 is 1.81 bits per heavy atom. The molecular weight excluding hydrogens is 481 g/mol. The second-order valence-electron chi connectivity index (χ2n) is 11.4. The van der Waals surface area contributed by atoms with E-state index in [1.165, 1.54) is 30.7 Å². The average molecular weight is 515 g/mol. The summed E-state index contributed by atoms with van der Waals surface area (Å²) in [5.41, 5.74) is 0.809. The van der Waals surface area contributed by atoms with Crippen molar-refractivity contribution < 1.29 is 18.0 Å². The van der Waals surface area contributed by atoms with Crippen molar-refractivity contribution in [1.29, 1.82) is 0 Å². The van der Waals surface area contributed by atoms with Crippen LogP contribution in [0.5, 0.6) is 0 Å². The molecule has 6 heterocycles. The number of carbonyl (C=O) groups excluding carboxylic acids is 1. The summed E-state index contributed by atoms with van der Waals surface area (Å²) in [6, 6.07) is 10.3. The smallest absolute Gasteiger partial charge is 0.350 e. The molecule has 198 valence electrons. The molecular formula is C28H33F3N4O2. The summed E-state index contributed by atoms with van der Waals surface area (Å²) >= 11 is 0. The number of likely N-dealkylation sites (tertiary alicyclic amines) is 1. The summed E-state index contributed by atoms with van der Waals surface area (Å²) in [6.07, 6.45) is -1.03. The number of hydrogen-bond acceptors (Lipinski definition) is 4. The number of nitrogens with zero attached hydrogens (tertiary/aromatic N) is 3. The number of carbonyl (C=O) groups is 1. The van der Waals surface area contributed by atoms with Crippen LogP contribution in [0.25, 0.3) is 0 Å². The van der Waals surface area contributed by atoms with Gasteiger partial charge in [0, 0.05) is 68.6 Å². The van der Waals surface area contributed by atoms with Gasteiger partial charge in [0.1, 0.15) is 0 Å². The van der Waals surface area contributed by atoms with Crippen molar-refractivity contribution in [2.75, 3.05) is 39.3 Å². The summed E-state index contributed by atoms with van der Waals surface area (Å²) in [6.45, 7) is 6.53. The van der Waals surface area contributed by atoms with E-state index in [2.05, 4.69) is 21.2 Å². The van der Waals surface area contributed by atoms with E-state index in [4.69, 9.17) is 0 Å². The first kappa shape index (κ1) is 24.7. The van der Waals surface area contributed by atoms with E-state index in [-0.39, 0.29) is 23.1 Å². The van der Waals surface area contributed by atoms with Gasteiger partial charge in [-0.25, -0.2) is 0 Å². The molecule has 37 heavy (non-hydrogen) atoms. The number of aromatic nitrogens is 1. The maximum atomic E-state index is 12.8. The molecule has 1 unspecified atom stereocenters. The predicted molar refractivity (Wildman–Crippen MR) is 133 cm³/mol. The Morgan fingerprint density at radius 1 is 1.00 bits per heavy atom. The third-order valence-corrected chi connectivity index (χ3v) is 9.03. The van der Waals surface area contributed by atoms with E-state index in [9.17, 15) is 22.8 Å². The lowest BCUT2D eigenvalue weighted by Crippen LogP contribution is -2.59. The molecule has 7 rings (SSSR count). The molecule has 0 aliphatic carbocycles. The maximum absolute atomic E-state index is 12.8. The normalized spacial score (nSPS) is 31.1. The molecule has 4 saturated heterocycles. The molecule has 5 aliphatic rings. The summed E-state index contributed by atoms with van der Waals surface area (Å²) in [7, 11) is 0. The Hall–Kier alpha value is -2.65. The number of fused-ring (bicyclic) bond motifs is 7. The van der Waals surface area contributed by atoms with Gasteiger partial charge in [-0.2, -0.15) is 13.2 Å². The Morgan fingerprint density at radius 3 is 2.54 bits per heavy atom. The summed E-state index contributed by atoms with van der Waals surface area (Å²) in [4.78, 5) is 30.0. The van der Waals surface area contributed by atoms with Gasteiger partial charge in [-0.3, -0.25) is 14.5 Å². The Balaban J connectivity index is 1.03. The highest BCUT2D eigenvalue weighted by molar-refractivity contribution is 5.94. The summed E-state index contributed by atoms with van der Waals surface area (Å²) < 4.78 is 40.3. The molecule has 6 nitrogen and oxygen atoms in total. The van der Waals surface area contributed by atoms with Gasteiger partial charge < -0.3 is 14.8 Å². The van der Waals surface area contributed by atoms with Gasteiger partial charge in [0.2, 0.25) is 0 Å². The number of halogens is 3. The molecule has 1 aromatic heterocycles. The van der Waals surface area contributed by atoms with Crippen LogP contribution < -0.4 is 10.9 Å². The van der Waals surface area contributed by atoms with E-state index in [1.54, 1.807) is 6.07 Å². The first-order chi connectivity index (χ1) is 17.7. The van der Waals surface area contributed by atoms with Crippen LogP contribution in [0.4, 0.5) is 13.2 Å². The highest BCUT2D eigenvalue weighted by atomic mass is 19.4. The van der Waals surface area contributed by atoms with Gasteiger partial charge in [0.25, 0.3) is 11.5 Å². The lowest BCUT2D eigenvalue weighted by molar-refractivity contribution is -0.137. The number of amides is 1. The number of piperidine rings is 4. The van der Waals surface area contributed by atoms with Crippen LogP contribution in [0.15, 0.2) is 47.3 Å². The van der Waals surface area contributed by atoms with Crippen molar-refractivity contribution in [2.45, 2.75) is 43.9 Å². The Kier molecular flexibility index (Phi) is 6.39. The quantitative estimate of drug-likeness (QED) is 0.665. The highest BCUT2D eigenvalue weighted by Crippen LogP contribution is 2.39. The monoisotopic (exact) mass is 514 g/mol. The fourth-order valence-electron chi connectivity index (χ4n) is 7.27. The van der Waals surface area contributed by atoms with Gasteiger partial charge in [-0.1, -0.05) is 6.07 Å². The minimum absolute atomic E-state index is 0.120. The first-order valence-corrected chi connectivity index (χ1v) is 13.4. The Bertz CT molecular complexity index is 1210. The minimum atomic E-state index is -4.41. The van der Waals surface area contributed by atoms with E-state index in [0.29, 0.717) is 30.2 Å². The molecule has 4 fully saturated rings. The van der Waals surface area contributed by atoms with Crippen LogP contribution in [0.3, 0.4) is 0 Å². The van der Waals surface area contributed by atoms with E-state index in [1.807, 2.05) is 10.6 Å². The number of pyridine rings is 1. The van der Waals surface area contributed by atoms with Gasteiger partial charge in [0.05, 0.1) is 5.56 Å². The highest BCUT2D eigenvalue weighted by Gasteiger charge is 2.42. The predicted octanol–water partition coefficient (Wildman–Crippen LogP) is 3.43. The fraction of sp³-hybridized carbons (Fsp3) is 0.571. The average Bonchev–Trinajstić information content (AvgIpc) is 2.88. The van der Waals surface area contributed by atoms with Crippen molar-refractivity contribution >= 4 is 5.91 Å². The van der Waals surface area contributed by atoms with E-state index in [0.717, 1.165) is 57.8 Å². The molecule has 4 bridgehead atoms. The largest absolute Gasteiger partial charge is 0.416 e. The lowest BCUT2D eigenvalue weighted by atomic mass is 9.74. The molecule has 0 spiro atoms. The molecule has 5 aliphatic heterocycles. The van der Waals surface area contributed by atoms with Crippen molar-refractivity contribution in [3.05, 3.63) is 69.6 Å². The van der Waals surface area contributed by atoms with Gasteiger partial charge in [-0.15, -0.1) is 0 Å². The maximum Gasteiger partial charge on any atom is 0.416 e. The molecule has 1 aromatic carbocycles. The second-order valence-corrected chi connectivity index (χ2v) is 11.4. The van der Waals surface area contributed by atoms with Gasteiger partial charge in [0.15, 0.2) is 0 Å². The van der Waals surface area contributed by atoms with Crippen LogP contribution in [0.1, 0.15) is 46.8 Å². The van der Waals surface area contributed by atoms with Crippen LogP contribution in [0, 0.1) is 17.8 Å². The SMILES string of the molecule is O=C(NC[C@H]1C[C@@H]2CCN1C[C@@H]2CN1C[C@@H]2C[C@H](C1)c1cccc(=O)n1C2)c1ccc(C(F)(F)F)cc1. The molecule has 0 radical (unpaired) electrons. The number of nitrogens with one attached hydrogen (secondary N) is 1. The van der Waals surface area contributed by atoms with Crippen molar-refractivity contribution in [3.8, 4) is 0 Å². The lowest BCUT2D eigenvalue weighted by Gasteiger charge is -2.52. The van der Waals surface area contributed by atoms with Crippen molar-refractivity contribution in [3.63, 3.8) is 0 Å². The van der Waals surface area contributed by atoms with Gasteiger partial charge in [-0.05, 0) is 73.9 Å². The number of alkyl halides is 3. The fourth-order valence-corrected chi connectivity index (χ4v) is 7.27. The zero-order valence-electron chi connectivity index (χ0n) is 20.8. The van der Waals surface area contributed by atoms with Crippen LogP contribution >= 0.6 is 0 Å². The van der Waals surface area contributed by atoms with Crippen molar-refractivity contribution in [2.24, 2.45) is 17.8 Å². The number of rotatable bonds is 5. The zero-order chi connectivity index (χ0) is 25.7. The van der Waals surface area contributed by atoms with Crippen molar-refractivity contribution in [1.82, 2.24) is 19.7 Å². The molecule has 1 amide bonds. The standard InChI is InChI=1S/C28H33F3N4O2/c29-28(30,31)23-6-4-19(5-7-23)27(37)32-12-24-11-20-8-9-34(24)17-22(20)16-33-13-18-10-21(15-33)25-2-1-3-26(36)35(25)14-18/h1-7,18,20-22,24H,8-17H2,(H,32,37)/t18-,20-,21+,22-,24+/m0/s1.